The number of benzene rings is 1. The van der Waals surface area contributed by atoms with Crippen LogP contribution in [0.2, 0.25) is 0 Å². The predicted octanol–water partition coefficient (Wildman–Crippen LogP) is 5.05. The van der Waals surface area contributed by atoms with Crippen molar-refractivity contribution in [1.82, 2.24) is 0 Å². The van der Waals surface area contributed by atoms with E-state index in [-0.39, 0.29) is 11.2 Å². The molecule has 1 rings (SSSR count). The number of rotatable bonds is 5. The highest BCUT2D eigenvalue weighted by atomic mass is 16.1. The summed E-state index contributed by atoms with van der Waals surface area (Å²) in [4.78, 5) is 12.0. The van der Waals surface area contributed by atoms with Gasteiger partial charge in [-0.15, -0.1) is 0 Å². The van der Waals surface area contributed by atoms with Crippen molar-refractivity contribution < 1.29 is 4.79 Å². The van der Waals surface area contributed by atoms with Crippen molar-refractivity contribution in [2.45, 2.75) is 53.9 Å². The van der Waals surface area contributed by atoms with Gasteiger partial charge in [-0.2, -0.15) is 0 Å². The highest BCUT2D eigenvalue weighted by Gasteiger charge is 2.18. The Balaban J connectivity index is 2.80. The Labute approximate surface area is 117 Å². The summed E-state index contributed by atoms with van der Waals surface area (Å²) < 4.78 is 0. The first-order valence-electron chi connectivity index (χ1n) is 7.16. The SMILES string of the molecule is CCCCc1ccc(/C(C)=C/C(=O)C(C)(C)C)cc1. The second-order valence-electron chi connectivity index (χ2n) is 6.24. The van der Waals surface area contributed by atoms with E-state index in [1.165, 1.54) is 18.4 Å². The van der Waals surface area contributed by atoms with Gasteiger partial charge in [0.2, 0.25) is 0 Å². The molecule has 0 aliphatic carbocycles. The molecule has 0 spiro atoms. The van der Waals surface area contributed by atoms with Crippen LogP contribution in [0.5, 0.6) is 0 Å². The van der Waals surface area contributed by atoms with Gasteiger partial charge in [-0.1, -0.05) is 58.4 Å². The Morgan fingerprint density at radius 2 is 1.74 bits per heavy atom. The molecule has 0 heterocycles. The van der Waals surface area contributed by atoms with Crippen LogP contribution in [0.3, 0.4) is 0 Å². The van der Waals surface area contributed by atoms with Crippen LogP contribution < -0.4 is 0 Å². The number of ketones is 1. The normalized spacial score (nSPS) is 12.6. The Morgan fingerprint density at radius 1 is 1.16 bits per heavy atom. The fraction of sp³-hybridized carbons (Fsp3) is 0.500. The molecular formula is C18H26O. The van der Waals surface area contributed by atoms with Gasteiger partial charge in [-0.25, -0.2) is 0 Å². The summed E-state index contributed by atoms with van der Waals surface area (Å²) in [7, 11) is 0. The minimum Gasteiger partial charge on any atom is -0.294 e. The average molecular weight is 258 g/mol. The molecule has 0 amide bonds. The summed E-state index contributed by atoms with van der Waals surface area (Å²) in [6.45, 7) is 10.1. The van der Waals surface area contributed by atoms with Gasteiger partial charge < -0.3 is 0 Å². The lowest BCUT2D eigenvalue weighted by molar-refractivity contribution is -0.121. The van der Waals surface area contributed by atoms with E-state index in [1.807, 2.05) is 27.7 Å². The van der Waals surface area contributed by atoms with Crippen LogP contribution in [0.1, 0.15) is 58.6 Å². The molecule has 0 aliphatic heterocycles. The zero-order valence-corrected chi connectivity index (χ0v) is 12.9. The van der Waals surface area contributed by atoms with E-state index in [4.69, 9.17) is 0 Å². The number of hydrogen-bond acceptors (Lipinski definition) is 1. The maximum absolute atomic E-state index is 12.0. The number of unbranched alkanes of at least 4 members (excludes halogenated alkanes) is 1. The molecule has 104 valence electrons. The van der Waals surface area contributed by atoms with E-state index in [2.05, 4.69) is 31.2 Å². The molecule has 0 atom stereocenters. The lowest BCUT2D eigenvalue weighted by Crippen LogP contribution is -2.17. The molecule has 0 N–H and O–H groups in total. The third-order valence-electron chi connectivity index (χ3n) is 3.32. The first-order valence-corrected chi connectivity index (χ1v) is 7.16. The van der Waals surface area contributed by atoms with Gasteiger partial charge in [0.25, 0.3) is 0 Å². The monoisotopic (exact) mass is 258 g/mol. The molecule has 0 saturated carbocycles. The number of hydrogen-bond donors (Lipinski definition) is 0. The van der Waals surface area contributed by atoms with Crippen molar-refractivity contribution in [2.24, 2.45) is 5.41 Å². The Hall–Kier alpha value is -1.37. The van der Waals surface area contributed by atoms with Gasteiger partial charge in [-0.3, -0.25) is 4.79 Å². The summed E-state index contributed by atoms with van der Waals surface area (Å²) in [5, 5.41) is 0. The summed E-state index contributed by atoms with van der Waals surface area (Å²) in [6.07, 6.45) is 5.36. The fourth-order valence-corrected chi connectivity index (χ4v) is 1.81. The van der Waals surface area contributed by atoms with Crippen LogP contribution in [-0.2, 0) is 11.2 Å². The Bertz CT molecular complexity index is 444. The third-order valence-corrected chi connectivity index (χ3v) is 3.32. The highest BCUT2D eigenvalue weighted by molar-refractivity contribution is 5.99. The molecular weight excluding hydrogens is 232 g/mol. The van der Waals surface area contributed by atoms with Crippen LogP contribution >= 0.6 is 0 Å². The summed E-state index contributed by atoms with van der Waals surface area (Å²) >= 11 is 0. The summed E-state index contributed by atoms with van der Waals surface area (Å²) in [6, 6.07) is 8.58. The number of carbonyl (C=O) groups excluding carboxylic acids is 1. The molecule has 1 nitrogen and oxygen atoms in total. The molecule has 1 heteroatoms. The summed E-state index contributed by atoms with van der Waals surface area (Å²) in [5.74, 6) is 0.181. The molecule has 1 aromatic carbocycles. The van der Waals surface area contributed by atoms with Crippen molar-refractivity contribution >= 4 is 11.4 Å². The zero-order chi connectivity index (χ0) is 14.5. The lowest BCUT2D eigenvalue weighted by Gasteiger charge is -2.14. The van der Waals surface area contributed by atoms with Crippen LogP contribution in [-0.4, -0.2) is 5.78 Å². The van der Waals surface area contributed by atoms with Gasteiger partial charge in [0.15, 0.2) is 5.78 Å². The maximum atomic E-state index is 12.0. The summed E-state index contributed by atoms with van der Waals surface area (Å²) in [5.41, 5.74) is 3.25. The third kappa shape index (κ3) is 5.02. The maximum Gasteiger partial charge on any atom is 0.161 e. The highest BCUT2D eigenvalue weighted by Crippen LogP contribution is 2.20. The molecule has 0 aliphatic rings. The molecule has 0 bridgehead atoms. The van der Waals surface area contributed by atoms with Crippen LogP contribution in [0, 0.1) is 5.41 Å². The standard InChI is InChI=1S/C18H26O/c1-6-7-8-15-9-11-16(12-10-15)14(2)13-17(19)18(3,4)5/h9-13H,6-8H2,1-5H3/b14-13+. The van der Waals surface area contributed by atoms with Crippen molar-refractivity contribution in [2.75, 3.05) is 0 Å². The van der Waals surface area contributed by atoms with E-state index >= 15 is 0 Å². The van der Waals surface area contributed by atoms with Gasteiger partial charge in [0.05, 0.1) is 0 Å². The first kappa shape index (κ1) is 15.7. The van der Waals surface area contributed by atoms with Crippen molar-refractivity contribution in [1.29, 1.82) is 0 Å². The van der Waals surface area contributed by atoms with Gasteiger partial charge >= 0.3 is 0 Å². The van der Waals surface area contributed by atoms with Crippen LogP contribution in [0.4, 0.5) is 0 Å². The largest absolute Gasteiger partial charge is 0.294 e. The van der Waals surface area contributed by atoms with E-state index < -0.39 is 0 Å². The van der Waals surface area contributed by atoms with Gasteiger partial charge in [-0.05, 0) is 42.5 Å². The van der Waals surface area contributed by atoms with E-state index in [0.29, 0.717) is 0 Å². The quantitative estimate of drug-likeness (QED) is 0.676. The Kier molecular flexibility index (Phi) is 5.53. The van der Waals surface area contributed by atoms with Crippen LogP contribution in [0.25, 0.3) is 5.57 Å². The zero-order valence-electron chi connectivity index (χ0n) is 12.9. The number of aryl methyl sites for hydroxylation is 1. The molecule has 0 fully saturated rings. The minimum absolute atomic E-state index is 0.181. The van der Waals surface area contributed by atoms with Gasteiger partial charge in [0.1, 0.15) is 0 Å². The topological polar surface area (TPSA) is 17.1 Å². The van der Waals surface area contributed by atoms with Crippen molar-refractivity contribution in [3.8, 4) is 0 Å². The first-order chi connectivity index (χ1) is 8.84. The molecule has 0 radical (unpaired) electrons. The van der Waals surface area contributed by atoms with Crippen molar-refractivity contribution in [3.63, 3.8) is 0 Å². The second kappa shape index (κ2) is 6.70. The number of carbonyl (C=O) groups is 1. The fourth-order valence-electron chi connectivity index (χ4n) is 1.81. The minimum atomic E-state index is -0.303. The molecule has 0 unspecified atom stereocenters. The average Bonchev–Trinajstić information content (AvgIpc) is 2.35. The number of allylic oxidation sites excluding steroid dienone is 2. The van der Waals surface area contributed by atoms with Crippen LogP contribution in [0.15, 0.2) is 30.3 Å². The Morgan fingerprint density at radius 3 is 2.21 bits per heavy atom. The molecule has 1 aromatic rings. The molecule has 0 aromatic heterocycles. The molecule has 19 heavy (non-hydrogen) atoms. The predicted molar refractivity (Wildman–Crippen MR) is 83.2 cm³/mol. The van der Waals surface area contributed by atoms with Gasteiger partial charge in [0, 0.05) is 5.41 Å². The second-order valence-corrected chi connectivity index (χ2v) is 6.24. The lowest BCUT2D eigenvalue weighted by atomic mass is 9.89. The van der Waals surface area contributed by atoms with E-state index in [9.17, 15) is 4.79 Å². The van der Waals surface area contributed by atoms with E-state index in [1.54, 1.807) is 6.08 Å². The smallest absolute Gasteiger partial charge is 0.161 e. The molecule has 0 saturated heterocycles. The van der Waals surface area contributed by atoms with E-state index in [0.717, 1.165) is 17.6 Å². The van der Waals surface area contributed by atoms with Crippen molar-refractivity contribution in [3.05, 3.63) is 41.5 Å².